The molecule has 1 heterocycles. The van der Waals surface area contributed by atoms with Crippen LogP contribution in [0.3, 0.4) is 0 Å². The lowest BCUT2D eigenvalue weighted by molar-refractivity contribution is -0.124. The number of carbonyl (C=O) groups excluding carboxylic acids is 2. The fraction of sp³-hybridized carbons (Fsp3) is 0.273. The van der Waals surface area contributed by atoms with E-state index in [0.29, 0.717) is 28.5 Å². The molecule has 32 heavy (non-hydrogen) atoms. The monoisotopic (exact) mass is 444 g/mol. The smallest absolute Gasteiger partial charge is 0.412 e. The maximum absolute atomic E-state index is 12.6. The number of rotatable bonds is 9. The second kappa shape index (κ2) is 11.0. The number of hydrogen-bond acceptors (Lipinski definition) is 8. The molecular formula is C22H24N2O8. The highest BCUT2D eigenvalue weighted by molar-refractivity contribution is 5.86. The van der Waals surface area contributed by atoms with Crippen LogP contribution in [0, 0.1) is 5.92 Å². The molecule has 0 bridgehead atoms. The van der Waals surface area contributed by atoms with Gasteiger partial charge in [0.2, 0.25) is 6.79 Å². The molecule has 0 saturated heterocycles. The number of fused-ring (bicyclic) bond motifs is 1. The molecule has 10 nitrogen and oxygen atoms in total. The van der Waals surface area contributed by atoms with Gasteiger partial charge in [0.15, 0.2) is 11.5 Å². The number of aliphatic hydroxyl groups excluding tert-OH is 1. The molecule has 0 aliphatic carbocycles. The molecule has 0 saturated carbocycles. The van der Waals surface area contributed by atoms with Gasteiger partial charge in [-0.05, 0) is 29.8 Å². The summed E-state index contributed by atoms with van der Waals surface area (Å²) < 4.78 is 21.6. The van der Waals surface area contributed by atoms with Crippen LogP contribution in [0.25, 0.3) is 0 Å². The van der Waals surface area contributed by atoms with E-state index in [1.165, 1.54) is 11.6 Å². The Morgan fingerprint density at radius 3 is 2.62 bits per heavy atom. The average Bonchev–Trinajstić information content (AvgIpc) is 3.27. The predicted octanol–water partition coefficient (Wildman–Crippen LogP) is 2.77. The normalized spacial score (nSPS) is 14.0. The highest BCUT2D eigenvalue weighted by Crippen LogP contribution is 2.35. The molecule has 2 aromatic rings. The van der Waals surface area contributed by atoms with Gasteiger partial charge in [-0.2, -0.15) is 0 Å². The number of hydroxylamine groups is 1. The van der Waals surface area contributed by atoms with E-state index in [0.717, 1.165) is 6.08 Å². The highest BCUT2D eigenvalue weighted by Gasteiger charge is 2.23. The van der Waals surface area contributed by atoms with Gasteiger partial charge >= 0.3 is 6.09 Å². The number of amides is 2. The second-order valence-electron chi connectivity index (χ2n) is 6.85. The highest BCUT2D eigenvalue weighted by atomic mass is 16.7. The van der Waals surface area contributed by atoms with Gasteiger partial charge in [0.05, 0.1) is 6.61 Å². The van der Waals surface area contributed by atoms with Crippen molar-refractivity contribution in [2.24, 2.45) is 5.92 Å². The number of anilines is 1. The van der Waals surface area contributed by atoms with E-state index in [1.54, 1.807) is 49.4 Å². The Morgan fingerprint density at radius 2 is 1.91 bits per heavy atom. The molecule has 3 rings (SSSR count). The third kappa shape index (κ3) is 6.13. The molecule has 4 N–H and O–H groups in total. The molecule has 0 spiro atoms. The van der Waals surface area contributed by atoms with E-state index < -0.39 is 24.0 Å². The summed E-state index contributed by atoms with van der Waals surface area (Å²) >= 11 is 0. The number of benzene rings is 2. The Hall–Kier alpha value is -3.76. The van der Waals surface area contributed by atoms with Crippen LogP contribution in [-0.2, 0) is 9.53 Å². The fourth-order valence-corrected chi connectivity index (χ4v) is 3.01. The molecule has 2 atom stereocenters. The molecular weight excluding hydrogens is 420 g/mol. The van der Waals surface area contributed by atoms with Gasteiger partial charge in [0, 0.05) is 23.7 Å². The van der Waals surface area contributed by atoms with Gasteiger partial charge in [0.1, 0.15) is 18.5 Å². The Bertz CT molecular complexity index is 961. The van der Waals surface area contributed by atoms with Crippen molar-refractivity contribution >= 4 is 17.7 Å². The van der Waals surface area contributed by atoms with Crippen molar-refractivity contribution < 1.29 is 38.9 Å². The van der Waals surface area contributed by atoms with Gasteiger partial charge in [0.25, 0.3) is 5.91 Å². The number of aliphatic hydroxyl groups is 1. The molecule has 0 aromatic heterocycles. The lowest BCUT2D eigenvalue weighted by Crippen LogP contribution is -2.22. The van der Waals surface area contributed by atoms with Crippen molar-refractivity contribution in [1.82, 2.24) is 5.48 Å². The van der Waals surface area contributed by atoms with Gasteiger partial charge in [-0.25, -0.2) is 10.3 Å². The Balaban J connectivity index is 1.74. The van der Waals surface area contributed by atoms with Crippen molar-refractivity contribution in [2.45, 2.75) is 13.0 Å². The minimum atomic E-state index is -0.751. The quantitative estimate of drug-likeness (QED) is 0.263. The van der Waals surface area contributed by atoms with E-state index >= 15 is 0 Å². The van der Waals surface area contributed by atoms with Crippen LogP contribution in [0.4, 0.5) is 10.5 Å². The molecule has 1 aliphatic heterocycles. The average molecular weight is 444 g/mol. The van der Waals surface area contributed by atoms with Crippen LogP contribution in [-0.4, -0.2) is 42.3 Å². The lowest BCUT2D eigenvalue weighted by atomic mass is 9.96. The third-order valence-corrected chi connectivity index (χ3v) is 4.56. The summed E-state index contributed by atoms with van der Waals surface area (Å²) in [5, 5.41) is 20.2. The third-order valence-electron chi connectivity index (χ3n) is 4.56. The summed E-state index contributed by atoms with van der Waals surface area (Å²) in [5.74, 6) is 0.539. The summed E-state index contributed by atoms with van der Waals surface area (Å²) in [6.07, 6.45) is 1.20. The van der Waals surface area contributed by atoms with Crippen LogP contribution in [0.1, 0.15) is 18.6 Å². The maximum atomic E-state index is 12.6. The van der Waals surface area contributed by atoms with E-state index in [2.05, 4.69) is 5.32 Å². The van der Waals surface area contributed by atoms with Crippen molar-refractivity contribution in [3.05, 3.63) is 60.2 Å². The van der Waals surface area contributed by atoms with E-state index in [1.807, 2.05) is 0 Å². The Morgan fingerprint density at radius 1 is 1.16 bits per heavy atom. The predicted molar refractivity (Wildman–Crippen MR) is 113 cm³/mol. The molecule has 0 radical (unpaired) electrons. The molecule has 170 valence electrons. The first kappa shape index (κ1) is 22.9. The van der Waals surface area contributed by atoms with Gasteiger partial charge in [-0.3, -0.25) is 15.3 Å². The lowest BCUT2D eigenvalue weighted by Gasteiger charge is -2.23. The van der Waals surface area contributed by atoms with Crippen LogP contribution in [0.2, 0.25) is 0 Å². The van der Waals surface area contributed by atoms with Crippen molar-refractivity contribution in [3.63, 3.8) is 0 Å². The van der Waals surface area contributed by atoms with Crippen LogP contribution >= 0.6 is 0 Å². The van der Waals surface area contributed by atoms with Crippen molar-refractivity contribution in [3.8, 4) is 17.2 Å². The molecule has 0 unspecified atom stereocenters. The number of hydrogen-bond donors (Lipinski definition) is 4. The first-order chi connectivity index (χ1) is 15.5. The maximum Gasteiger partial charge on any atom is 0.412 e. The number of carbonyl (C=O) groups is 2. The molecule has 0 fully saturated rings. The zero-order chi connectivity index (χ0) is 22.9. The zero-order valence-corrected chi connectivity index (χ0v) is 17.3. The first-order valence-corrected chi connectivity index (χ1v) is 9.83. The summed E-state index contributed by atoms with van der Waals surface area (Å²) in [4.78, 5) is 24.0. The molecule has 2 aromatic carbocycles. The van der Waals surface area contributed by atoms with Crippen molar-refractivity contribution in [2.75, 3.05) is 25.3 Å². The topological polar surface area (TPSA) is 136 Å². The van der Waals surface area contributed by atoms with Crippen LogP contribution in [0.15, 0.2) is 54.6 Å². The van der Waals surface area contributed by atoms with Gasteiger partial charge < -0.3 is 24.1 Å². The molecule has 1 aliphatic rings. The van der Waals surface area contributed by atoms with E-state index in [4.69, 9.17) is 29.3 Å². The minimum Gasteiger partial charge on any atom is -0.491 e. The number of ether oxygens (including phenoxy) is 4. The van der Waals surface area contributed by atoms with E-state index in [-0.39, 0.29) is 20.0 Å². The molecule has 10 heteroatoms. The SMILES string of the molecule is C[C@H](/C=C/C(=O)NO)[C@H](OC(=O)Nc1ccc2c(c1)OCO2)c1ccc(OCCO)cc1. The number of nitrogens with one attached hydrogen (secondary N) is 2. The first-order valence-electron chi connectivity index (χ1n) is 9.83. The molecule has 2 amide bonds. The Kier molecular flexibility index (Phi) is 7.90. The fourth-order valence-electron chi connectivity index (χ4n) is 3.01. The van der Waals surface area contributed by atoms with Gasteiger partial charge in [-0.15, -0.1) is 0 Å². The van der Waals surface area contributed by atoms with E-state index in [9.17, 15) is 9.59 Å². The summed E-state index contributed by atoms with van der Waals surface area (Å²) in [7, 11) is 0. The summed E-state index contributed by atoms with van der Waals surface area (Å²) in [6.45, 7) is 1.93. The van der Waals surface area contributed by atoms with Gasteiger partial charge in [-0.1, -0.05) is 25.1 Å². The van der Waals surface area contributed by atoms with Crippen LogP contribution in [0.5, 0.6) is 17.2 Å². The minimum absolute atomic E-state index is 0.109. The summed E-state index contributed by atoms with van der Waals surface area (Å²) in [6, 6.07) is 11.8. The largest absolute Gasteiger partial charge is 0.491 e. The van der Waals surface area contributed by atoms with Crippen LogP contribution < -0.4 is 25.0 Å². The second-order valence-corrected chi connectivity index (χ2v) is 6.85. The van der Waals surface area contributed by atoms with Crippen molar-refractivity contribution in [1.29, 1.82) is 0 Å². The zero-order valence-electron chi connectivity index (χ0n) is 17.3. The Labute approximate surface area is 184 Å². The summed E-state index contributed by atoms with van der Waals surface area (Å²) in [5.41, 5.74) is 2.64. The standard InChI is InChI=1S/C22H24N2O8/c1-14(2-9-20(26)24-28)21(15-3-6-17(7-4-15)29-11-10-25)32-22(27)23-16-5-8-18-19(12-16)31-13-30-18/h2-9,12,14,21,25,28H,10-11,13H2,1H3,(H,23,27)(H,24,26)/b9-2+/t14-,21+/m1/s1.